The Balaban J connectivity index is 1.75. The Morgan fingerprint density at radius 2 is 2.26 bits per heavy atom. The molecule has 0 radical (unpaired) electrons. The Labute approximate surface area is 116 Å². The van der Waals surface area contributed by atoms with Crippen LogP contribution in [0.2, 0.25) is 5.02 Å². The summed E-state index contributed by atoms with van der Waals surface area (Å²) in [6.07, 6.45) is 1.02. The van der Waals surface area contributed by atoms with E-state index in [0.717, 1.165) is 25.1 Å². The Hall–Kier alpha value is -1.43. The van der Waals surface area contributed by atoms with Gasteiger partial charge in [0, 0.05) is 19.1 Å². The summed E-state index contributed by atoms with van der Waals surface area (Å²) in [5.74, 6) is 1.13. The molecule has 0 spiro atoms. The van der Waals surface area contributed by atoms with Crippen LogP contribution < -0.4 is 5.73 Å². The predicted octanol–water partition coefficient (Wildman–Crippen LogP) is 1.92. The summed E-state index contributed by atoms with van der Waals surface area (Å²) in [7, 11) is 0. The van der Waals surface area contributed by atoms with Gasteiger partial charge in [-0.3, -0.25) is 4.90 Å². The number of nitrogens with two attached hydrogens (primary N) is 1. The maximum Gasteiger partial charge on any atom is 0.259 e. The lowest BCUT2D eigenvalue weighted by atomic mass is 10.2. The number of hydrogen-bond donors (Lipinski definition) is 1. The van der Waals surface area contributed by atoms with Crippen molar-refractivity contribution in [1.29, 1.82) is 0 Å². The second-order valence-electron chi connectivity index (χ2n) is 4.78. The summed E-state index contributed by atoms with van der Waals surface area (Å²) in [4.78, 5) is 6.61. The molecule has 1 aliphatic heterocycles. The van der Waals surface area contributed by atoms with Gasteiger partial charge in [-0.15, -0.1) is 0 Å². The van der Waals surface area contributed by atoms with E-state index in [1.165, 1.54) is 0 Å². The van der Waals surface area contributed by atoms with Gasteiger partial charge in [0.2, 0.25) is 0 Å². The summed E-state index contributed by atoms with van der Waals surface area (Å²) >= 11 is 6.10. The molecule has 2 N–H and O–H groups in total. The first-order valence-electron chi connectivity index (χ1n) is 6.28. The van der Waals surface area contributed by atoms with Crippen molar-refractivity contribution in [3.8, 4) is 11.5 Å². The van der Waals surface area contributed by atoms with Crippen molar-refractivity contribution in [2.24, 2.45) is 5.73 Å². The molecule has 3 rings (SSSR count). The number of hydrogen-bond acceptors (Lipinski definition) is 5. The standard InChI is InChI=1S/C13H15ClN4O/c14-11-4-2-1-3-10(11)13-16-12(17-19-13)8-18-6-5-9(15)7-18/h1-4,9H,5-8,15H2. The third-order valence-corrected chi connectivity index (χ3v) is 3.58. The number of halogens is 1. The highest BCUT2D eigenvalue weighted by atomic mass is 35.5. The quantitative estimate of drug-likeness (QED) is 0.929. The second-order valence-corrected chi connectivity index (χ2v) is 5.19. The fourth-order valence-corrected chi connectivity index (χ4v) is 2.49. The summed E-state index contributed by atoms with van der Waals surface area (Å²) in [5, 5.41) is 4.61. The van der Waals surface area contributed by atoms with Crippen molar-refractivity contribution < 1.29 is 4.52 Å². The summed E-state index contributed by atoms with van der Waals surface area (Å²) in [6, 6.07) is 7.69. The molecular weight excluding hydrogens is 264 g/mol. The van der Waals surface area contributed by atoms with E-state index in [1.807, 2.05) is 18.2 Å². The van der Waals surface area contributed by atoms with E-state index < -0.39 is 0 Å². The van der Waals surface area contributed by atoms with Crippen molar-refractivity contribution in [1.82, 2.24) is 15.0 Å². The number of rotatable bonds is 3. The largest absolute Gasteiger partial charge is 0.334 e. The molecule has 6 heteroatoms. The van der Waals surface area contributed by atoms with Crippen LogP contribution in [0.3, 0.4) is 0 Å². The second kappa shape index (κ2) is 5.28. The molecule has 1 saturated heterocycles. The molecule has 1 aliphatic rings. The SMILES string of the molecule is NC1CCN(Cc2noc(-c3ccccc3Cl)n2)C1. The van der Waals surface area contributed by atoms with Gasteiger partial charge in [-0.2, -0.15) is 4.98 Å². The molecule has 1 fully saturated rings. The van der Waals surface area contributed by atoms with Gasteiger partial charge < -0.3 is 10.3 Å². The van der Waals surface area contributed by atoms with Crippen molar-refractivity contribution >= 4 is 11.6 Å². The van der Waals surface area contributed by atoms with Crippen LogP contribution in [0.25, 0.3) is 11.5 Å². The van der Waals surface area contributed by atoms with E-state index in [4.69, 9.17) is 21.9 Å². The van der Waals surface area contributed by atoms with Gasteiger partial charge in [-0.1, -0.05) is 28.9 Å². The highest BCUT2D eigenvalue weighted by Crippen LogP contribution is 2.26. The minimum absolute atomic E-state index is 0.259. The van der Waals surface area contributed by atoms with Crippen LogP contribution in [0.4, 0.5) is 0 Å². The van der Waals surface area contributed by atoms with Crippen molar-refractivity contribution in [3.63, 3.8) is 0 Å². The topological polar surface area (TPSA) is 68.2 Å². The molecule has 1 unspecified atom stereocenters. The Morgan fingerprint density at radius 3 is 3.00 bits per heavy atom. The molecule has 0 bridgehead atoms. The maximum atomic E-state index is 6.10. The zero-order chi connectivity index (χ0) is 13.2. The lowest BCUT2D eigenvalue weighted by Gasteiger charge is -2.11. The minimum Gasteiger partial charge on any atom is -0.334 e. The highest BCUT2D eigenvalue weighted by Gasteiger charge is 2.21. The van der Waals surface area contributed by atoms with Crippen LogP contribution in [0.15, 0.2) is 28.8 Å². The van der Waals surface area contributed by atoms with Crippen molar-refractivity contribution in [2.45, 2.75) is 19.0 Å². The average Bonchev–Trinajstić information content (AvgIpc) is 3.00. The van der Waals surface area contributed by atoms with E-state index in [2.05, 4.69) is 15.0 Å². The van der Waals surface area contributed by atoms with Crippen LogP contribution in [0.5, 0.6) is 0 Å². The van der Waals surface area contributed by atoms with E-state index in [-0.39, 0.29) is 6.04 Å². The molecule has 0 aliphatic carbocycles. The van der Waals surface area contributed by atoms with Crippen LogP contribution in [0.1, 0.15) is 12.2 Å². The normalized spacial score (nSPS) is 20.0. The zero-order valence-corrected chi connectivity index (χ0v) is 11.2. The number of aromatic nitrogens is 2. The monoisotopic (exact) mass is 278 g/mol. The molecule has 1 atom stereocenters. The van der Waals surface area contributed by atoms with Crippen LogP contribution in [-0.2, 0) is 6.54 Å². The van der Waals surface area contributed by atoms with E-state index in [9.17, 15) is 0 Å². The van der Waals surface area contributed by atoms with Gasteiger partial charge in [0.25, 0.3) is 5.89 Å². The molecule has 1 aromatic heterocycles. The Bertz CT molecular complexity index is 571. The molecular formula is C13H15ClN4O. The first kappa shape index (κ1) is 12.6. The van der Waals surface area contributed by atoms with Gasteiger partial charge in [0.05, 0.1) is 17.1 Å². The van der Waals surface area contributed by atoms with E-state index >= 15 is 0 Å². The zero-order valence-electron chi connectivity index (χ0n) is 10.4. The predicted molar refractivity (Wildman–Crippen MR) is 72.6 cm³/mol. The van der Waals surface area contributed by atoms with Crippen LogP contribution >= 0.6 is 11.6 Å². The van der Waals surface area contributed by atoms with Crippen molar-refractivity contribution in [2.75, 3.05) is 13.1 Å². The summed E-state index contributed by atoms with van der Waals surface area (Å²) < 4.78 is 5.27. The Kier molecular flexibility index (Phi) is 3.50. The maximum absolute atomic E-state index is 6.10. The fraction of sp³-hybridized carbons (Fsp3) is 0.385. The number of nitrogens with zero attached hydrogens (tertiary/aromatic N) is 3. The van der Waals surface area contributed by atoms with E-state index in [0.29, 0.717) is 23.3 Å². The minimum atomic E-state index is 0.259. The highest BCUT2D eigenvalue weighted by molar-refractivity contribution is 6.33. The van der Waals surface area contributed by atoms with Gasteiger partial charge in [-0.05, 0) is 18.6 Å². The van der Waals surface area contributed by atoms with Gasteiger partial charge in [0.1, 0.15) is 0 Å². The average molecular weight is 279 g/mol. The smallest absolute Gasteiger partial charge is 0.259 e. The van der Waals surface area contributed by atoms with Crippen molar-refractivity contribution in [3.05, 3.63) is 35.1 Å². The first-order chi connectivity index (χ1) is 9.22. The molecule has 100 valence electrons. The van der Waals surface area contributed by atoms with Gasteiger partial charge >= 0.3 is 0 Å². The van der Waals surface area contributed by atoms with E-state index in [1.54, 1.807) is 6.07 Å². The molecule has 2 aromatic rings. The van der Waals surface area contributed by atoms with Gasteiger partial charge in [-0.25, -0.2) is 0 Å². The first-order valence-corrected chi connectivity index (χ1v) is 6.65. The molecule has 1 aromatic carbocycles. The van der Waals surface area contributed by atoms with Crippen LogP contribution in [0, 0.1) is 0 Å². The van der Waals surface area contributed by atoms with Crippen LogP contribution in [-0.4, -0.2) is 34.2 Å². The molecule has 0 amide bonds. The fourth-order valence-electron chi connectivity index (χ4n) is 2.27. The molecule has 0 saturated carbocycles. The molecule has 19 heavy (non-hydrogen) atoms. The third kappa shape index (κ3) is 2.78. The lowest BCUT2D eigenvalue weighted by molar-refractivity contribution is 0.309. The molecule has 5 nitrogen and oxygen atoms in total. The lowest BCUT2D eigenvalue weighted by Crippen LogP contribution is -2.26. The number of likely N-dealkylation sites (tertiary alicyclic amines) is 1. The number of benzene rings is 1. The summed E-state index contributed by atoms with van der Waals surface area (Å²) in [6.45, 7) is 2.54. The third-order valence-electron chi connectivity index (χ3n) is 3.25. The molecule has 2 heterocycles. The summed E-state index contributed by atoms with van der Waals surface area (Å²) in [5.41, 5.74) is 6.64. The Morgan fingerprint density at radius 1 is 1.42 bits per heavy atom. The van der Waals surface area contributed by atoms with Gasteiger partial charge in [0.15, 0.2) is 5.82 Å².